The maximum absolute atomic E-state index is 14.1. The number of Topliss-reactive ketones (excluding diaryl/α,β-unsaturated/α-hetero) is 1. The first-order valence-corrected chi connectivity index (χ1v) is 13.8. The second-order valence-electron chi connectivity index (χ2n) is 10.7. The minimum Gasteiger partial charge on any atom is -0.479 e. The van der Waals surface area contributed by atoms with Crippen molar-refractivity contribution in [2.75, 3.05) is 13.2 Å². The first-order valence-electron chi connectivity index (χ1n) is 13.8. The normalized spacial score (nSPS) is 15.9. The smallest absolute Gasteiger partial charge is 0.274 e. The van der Waals surface area contributed by atoms with Crippen molar-refractivity contribution < 1.29 is 46.0 Å². The number of hydrogen-bond acceptors (Lipinski definition) is 7. The van der Waals surface area contributed by atoms with Crippen LogP contribution in [0.15, 0.2) is 47.0 Å². The first kappa shape index (κ1) is 32.2. The monoisotopic (exact) mass is 618 g/mol. The van der Waals surface area contributed by atoms with Crippen molar-refractivity contribution in [3.63, 3.8) is 0 Å². The van der Waals surface area contributed by atoms with E-state index in [1.807, 2.05) is 6.07 Å². The first-order chi connectivity index (χ1) is 20.9. The van der Waals surface area contributed by atoms with Gasteiger partial charge in [-0.05, 0) is 25.2 Å². The highest BCUT2D eigenvalue weighted by atomic mass is 19.2. The van der Waals surface area contributed by atoms with Gasteiger partial charge in [-0.3, -0.25) is 19.2 Å². The molecule has 234 valence electrons. The van der Waals surface area contributed by atoms with E-state index in [9.17, 15) is 36.7 Å². The number of carbonyl (C=O) groups excluding carboxylic acids is 4. The van der Waals surface area contributed by atoms with Crippen molar-refractivity contribution in [1.82, 2.24) is 21.1 Å². The Morgan fingerprint density at radius 2 is 1.70 bits per heavy atom. The summed E-state index contributed by atoms with van der Waals surface area (Å²) in [6.07, 6.45) is 0.287. The lowest BCUT2D eigenvalue weighted by molar-refractivity contribution is -0.131. The molecule has 1 fully saturated rings. The number of nitrogens with zero attached hydrogens (tertiary/aromatic N) is 1. The largest absolute Gasteiger partial charge is 0.479 e. The summed E-state index contributed by atoms with van der Waals surface area (Å²) in [4.78, 5) is 51.8. The summed E-state index contributed by atoms with van der Waals surface area (Å²) in [5, 5.41) is 11.5. The van der Waals surface area contributed by atoms with Gasteiger partial charge in [-0.25, -0.2) is 8.78 Å². The molecule has 2 aromatic carbocycles. The summed E-state index contributed by atoms with van der Waals surface area (Å²) in [6, 6.07) is 7.71. The van der Waals surface area contributed by atoms with Crippen LogP contribution in [0.3, 0.4) is 0 Å². The fraction of sp³-hybridized carbons (Fsp3) is 0.367. The summed E-state index contributed by atoms with van der Waals surface area (Å²) < 4.78 is 65.4. The number of ether oxygens (including phenoxy) is 1. The van der Waals surface area contributed by atoms with E-state index < -0.39 is 71.2 Å². The summed E-state index contributed by atoms with van der Waals surface area (Å²) >= 11 is 0. The fourth-order valence-electron chi connectivity index (χ4n) is 4.68. The summed E-state index contributed by atoms with van der Waals surface area (Å²) in [7, 11) is 0. The molecule has 3 unspecified atom stereocenters. The van der Waals surface area contributed by atoms with Crippen LogP contribution in [0.4, 0.5) is 17.6 Å². The molecule has 10 nitrogen and oxygen atoms in total. The third-order valence-electron chi connectivity index (χ3n) is 6.95. The van der Waals surface area contributed by atoms with Crippen LogP contribution in [-0.2, 0) is 14.4 Å². The third kappa shape index (κ3) is 7.79. The Labute approximate surface area is 249 Å². The van der Waals surface area contributed by atoms with E-state index >= 15 is 0 Å². The molecule has 44 heavy (non-hydrogen) atoms. The van der Waals surface area contributed by atoms with Gasteiger partial charge in [0, 0.05) is 30.2 Å². The Bertz CT molecular complexity index is 1500. The molecule has 0 bridgehead atoms. The van der Waals surface area contributed by atoms with Gasteiger partial charge in [-0.2, -0.15) is 8.78 Å². The minimum absolute atomic E-state index is 0.00816. The van der Waals surface area contributed by atoms with Gasteiger partial charge in [-0.15, -0.1) is 0 Å². The fourth-order valence-corrected chi connectivity index (χ4v) is 4.68. The molecular formula is C30H30F4N4O6. The average Bonchev–Trinajstić information content (AvgIpc) is 3.65. The van der Waals surface area contributed by atoms with Crippen LogP contribution in [0.5, 0.6) is 5.75 Å². The van der Waals surface area contributed by atoms with Gasteiger partial charge in [0.25, 0.3) is 5.91 Å². The zero-order valence-corrected chi connectivity index (χ0v) is 23.8. The maximum atomic E-state index is 14.1. The molecule has 4 rings (SSSR count). The number of ketones is 1. The molecule has 3 amide bonds. The maximum Gasteiger partial charge on any atom is 0.274 e. The standard InChI is InChI=1S/C30H30F4N4O6/c1-15(2)10-21(37-30(42)22-13-24(44-38-22)16-6-4-3-5-7-16)29(41)36-20(11-17-8-9-35-28(17)40)23(39)14-43-27-25(33)18(31)12-19(32)26(27)34/h3-7,12-13,15,17,20-21H,8-11,14H2,1-2H3,(H,35,40)(H,36,41)(H,37,42). The van der Waals surface area contributed by atoms with Crippen LogP contribution >= 0.6 is 0 Å². The van der Waals surface area contributed by atoms with Gasteiger partial charge in [0.2, 0.25) is 23.4 Å². The molecule has 14 heteroatoms. The molecule has 2 heterocycles. The topological polar surface area (TPSA) is 140 Å². The Morgan fingerprint density at radius 3 is 2.32 bits per heavy atom. The summed E-state index contributed by atoms with van der Waals surface area (Å²) in [5.74, 6) is -11.8. The highest BCUT2D eigenvalue weighted by Crippen LogP contribution is 2.27. The van der Waals surface area contributed by atoms with E-state index in [0.717, 1.165) is 0 Å². The molecule has 3 aromatic rings. The number of rotatable bonds is 13. The molecule has 0 radical (unpaired) electrons. The lowest BCUT2D eigenvalue weighted by atomic mass is 9.95. The van der Waals surface area contributed by atoms with E-state index in [2.05, 4.69) is 21.1 Å². The van der Waals surface area contributed by atoms with Crippen LogP contribution in [0, 0.1) is 35.1 Å². The van der Waals surface area contributed by atoms with Gasteiger partial charge < -0.3 is 25.2 Å². The Kier molecular flexibility index (Phi) is 10.3. The SMILES string of the molecule is CC(C)CC(NC(=O)c1cc(-c2ccccc2)on1)C(=O)NC(CC1CCNC1=O)C(=O)COc1c(F)c(F)cc(F)c1F. The van der Waals surface area contributed by atoms with Crippen molar-refractivity contribution in [1.29, 1.82) is 0 Å². The van der Waals surface area contributed by atoms with Crippen molar-refractivity contribution in [3.05, 3.63) is 71.4 Å². The second-order valence-corrected chi connectivity index (χ2v) is 10.7. The highest BCUT2D eigenvalue weighted by Gasteiger charge is 2.34. The molecular weight excluding hydrogens is 588 g/mol. The van der Waals surface area contributed by atoms with Gasteiger partial charge in [0.05, 0.1) is 6.04 Å². The number of carbonyl (C=O) groups is 4. The molecule has 0 aliphatic carbocycles. The molecule has 1 aliphatic rings. The number of hydrogen-bond donors (Lipinski definition) is 3. The lowest BCUT2D eigenvalue weighted by Gasteiger charge is -2.25. The van der Waals surface area contributed by atoms with Gasteiger partial charge in [0.15, 0.2) is 34.6 Å². The molecule has 0 spiro atoms. The van der Waals surface area contributed by atoms with Gasteiger partial charge in [0.1, 0.15) is 12.6 Å². The van der Waals surface area contributed by atoms with Crippen LogP contribution < -0.4 is 20.7 Å². The number of benzene rings is 2. The predicted octanol–water partition coefficient (Wildman–Crippen LogP) is 3.70. The average molecular weight is 619 g/mol. The van der Waals surface area contributed by atoms with Crippen molar-refractivity contribution in [3.8, 4) is 17.1 Å². The van der Waals surface area contributed by atoms with Crippen molar-refractivity contribution in [2.45, 2.75) is 45.2 Å². The van der Waals surface area contributed by atoms with E-state index in [4.69, 9.17) is 9.26 Å². The van der Waals surface area contributed by atoms with Crippen molar-refractivity contribution >= 4 is 23.5 Å². The summed E-state index contributed by atoms with van der Waals surface area (Å²) in [6.45, 7) is 2.86. The third-order valence-corrected chi connectivity index (χ3v) is 6.95. The molecule has 1 aliphatic heterocycles. The van der Waals surface area contributed by atoms with Gasteiger partial charge in [-0.1, -0.05) is 49.3 Å². The van der Waals surface area contributed by atoms with Crippen molar-refractivity contribution in [2.24, 2.45) is 11.8 Å². The lowest BCUT2D eigenvalue weighted by Crippen LogP contribution is -2.53. The molecule has 1 aromatic heterocycles. The Balaban J connectivity index is 1.50. The molecule has 1 saturated heterocycles. The van der Waals surface area contributed by atoms with Crippen LogP contribution in [0.2, 0.25) is 0 Å². The van der Waals surface area contributed by atoms with E-state index in [-0.39, 0.29) is 36.4 Å². The van der Waals surface area contributed by atoms with E-state index in [1.165, 1.54) is 6.07 Å². The zero-order chi connectivity index (χ0) is 32.0. The quantitative estimate of drug-likeness (QED) is 0.196. The Morgan fingerprint density at radius 1 is 1.02 bits per heavy atom. The van der Waals surface area contributed by atoms with Crippen LogP contribution in [0.25, 0.3) is 11.3 Å². The number of aromatic nitrogens is 1. The summed E-state index contributed by atoms with van der Waals surface area (Å²) in [5.41, 5.74) is 0.580. The molecule has 3 atom stereocenters. The number of halogens is 4. The molecule has 0 saturated carbocycles. The van der Waals surface area contributed by atoms with Gasteiger partial charge >= 0.3 is 0 Å². The van der Waals surface area contributed by atoms with E-state index in [0.29, 0.717) is 24.3 Å². The Hall–Kier alpha value is -4.75. The number of nitrogens with one attached hydrogen (secondary N) is 3. The zero-order valence-electron chi connectivity index (χ0n) is 23.8. The van der Waals surface area contributed by atoms with E-state index in [1.54, 1.807) is 38.1 Å². The highest BCUT2D eigenvalue weighted by molar-refractivity contribution is 5.98. The molecule has 3 N–H and O–H groups in total. The van der Waals surface area contributed by atoms with Crippen LogP contribution in [0.1, 0.15) is 43.6 Å². The number of amides is 3. The predicted molar refractivity (Wildman–Crippen MR) is 147 cm³/mol. The minimum atomic E-state index is -1.84. The van der Waals surface area contributed by atoms with Crippen LogP contribution in [-0.4, -0.2) is 53.9 Å². The second kappa shape index (κ2) is 14.1.